The van der Waals surface area contributed by atoms with Crippen LogP contribution >= 0.6 is 0 Å². The maximum absolute atomic E-state index is 10.8. The fourth-order valence-electron chi connectivity index (χ4n) is 1.01. The number of carbonyl (C=O) groups is 2. The molecule has 1 rings (SSSR count). The average molecular weight is 223 g/mol. The Morgan fingerprint density at radius 2 is 1.94 bits per heavy atom. The van der Waals surface area contributed by atoms with Crippen molar-refractivity contribution in [3.05, 3.63) is 41.5 Å². The summed E-state index contributed by atoms with van der Waals surface area (Å²) >= 11 is 0. The molecule has 0 radical (unpaired) electrons. The van der Waals surface area contributed by atoms with E-state index in [9.17, 15) is 9.59 Å². The van der Waals surface area contributed by atoms with Gasteiger partial charge in [0.25, 0.3) is 5.91 Å². The SMILES string of the molecule is O=C(O)c1cccc(C=CC(=O)N(O)O)c1. The van der Waals surface area contributed by atoms with E-state index in [1.54, 1.807) is 6.07 Å². The molecule has 0 saturated carbocycles. The van der Waals surface area contributed by atoms with Gasteiger partial charge in [0.15, 0.2) is 0 Å². The van der Waals surface area contributed by atoms with Crippen molar-refractivity contribution < 1.29 is 25.1 Å². The highest BCUT2D eigenvalue weighted by atomic mass is 16.8. The molecule has 1 amide bonds. The summed E-state index contributed by atoms with van der Waals surface area (Å²) in [7, 11) is 0. The molecule has 0 aromatic heterocycles. The topological polar surface area (TPSA) is 98.1 Å². The number of hydrogen-bond acceptors (Lipinski definition) is 4. The van der Waals surface area contributed by atoms with Crippen LogP contribution < -0.4 is 0 Å². The molecule has 0 aliphatic rings. The van der Waals surface area contributed by atoms with E-state index in [2.05, 4.69) is 0 Å². The van der Waals surface area contributed by atoms with Crippen LogP contribution in [0.2, 0.25) is 0 Å². The number of carbonyl (C=O) groups excluding carboxylic acids is 1. The summed E-state index contributed by atoms with van der Waals surface area (Å²) in [6.45, 7) is 0. The molecule has 1 aromatic rings. The zero-order chi connectivity index (χ0) is 12.1. The molecular weight excluding hydrogens is 214 g/mol. The van der Waals surface area contributed by atoms with E-state index in [4.69, 9.17) is 15.5 Å². The Hall–Kier alpha value is -2.18. The first kappa shape index (κ1) is 11.9. The smallest absolute Gasteiger partial charge is 0.335 e. The number of amides is 1. The second kappa shape index (κ2) is 5.06. The Morgan fingerprint density at radius 1 is 1.25 bits per heavy atom. The number of hydrogen-bond donors (Lipinski definition) is 3. The van der Waals surface area contributed by atoms with Crippen LogP contribution in [0.25, 0.3) is 6.08 Å². The molecule has 0 aliphatic heterocycles. The Labute approximate surface area is 90.6 Å². The van der Waals surface area contributed by atoms with Crippen molar-refractivity contribution in [2.45, 2.75) is 0 Å². The summed E-state index contributed by atoms with van der Waals surface area (Å²) in [5.41, 5.74) is 0.551. The third-order valence-corrected chi connectivity index (χ3v) is 1.75. The second-order valence-corrected chi connectivity index (χ2v) is 2.89. The van der Waals surface area contributed by atoms with Gasteiger partial charge in [-0.25, -0.2) is 4.79 Å². The number of aromatic carboxylic acids is 1. The minimum absolute atomic E-state index is 0.0828. The largest absolute Gasteiger partial charge is 0.478 e. The fraction of sp³-hybridized carbons (Fsp3) is 0. The van der Waals surface area contributed by atoms with Crippen molar-refractivity contribution >= 4 is 18.0 Å². The van der Waals surface area contributed by atoms with E-state index in [0.29, 0.717) is 5.56 Å². The molecule has 16 heavy (non-hydrogen) atoms. The van der Waals surface area contributed by atoms with Crippen LogP contribution in [0.5, 0.6) is 0 Å². The molecule has 0 bridgehead atoms. The van der Waals surface area contributed by atoms with Crippen molar-refractivity contribution in [3.8, 4) is 0 Å². The first-order chi connectivity index (χ1) is 7.50. The molecule has 0 saturated heterocycles. The van der Waals surface area contributed by atoms with Gasteiger partial charge in [0.05, 0.1) is 5.56 Å². The monoisotopic (exact) mass is 223 g/mol. The molecule has 0 fully saturated rings. The van der Waals surface area contributed by atoms with Crippen molar-refractivity contribution in [2.75, 3.05) is 0 Å². The van der Waals surface area contributed by atoms with Gasteiger partial charge in [-0.1, -0.05) is 17.4 Å². The number of benzene rings is 1. The van der Waals surface area contributed by atoms with Gasteiger partial charge in [-0.3, -0.25) is 15.2 Å². The van der Waals surface area contributed by atoms with Gasteiger partial charge in [0, 0.05) is 6.08 Å². The highest BCUT2D eigenvalue weighted by Crippen LogP contribution is 2.07. The molecule has 0 heterocycles. The molecule has 0 atom stereocenters. The Bertz CT molecular complexity index is 439. The van der Waals surface area contributed by atoms with Crippen molar-refractivity contribution in [2.24, 2.45) is 0 Å². The first-order valence-corrected chi connectivity index (χ1v) is 4.24. The summed E-state index contributed by atoms with van der Waals surface area (Å²) in [5, 5.41) is 24.8. The maximum Gasteiger partial charge on any atom is 0.335 e. The van der Waals surface area contributed by atoms with E-state index >= 15 is 0 Å². The Morgan fingerprint density at radius 3 is 2.50 bits per heavy atom. The van der Waals surface area contributed by atoms with Gasteiger partial charge in [0.2, 0.25) is 0 Å². The van der Waals surface area contributed by atoms with Crippen LogP contribution in [-0.2, 0) is 4.79 Å². The van der Waals surface area contributed by atoms with Crippen LogP contribution in [0.4, 0.5) is 0 Å². The van der Waals surface area contributed by atoms with Crippen LogP contribution in [-0.4, -0.2) is 32.6 Å². The lowest BCUT2D eigenvalue weighted by Crippen LogP contribution is -2.20. The van der Waals surface area contributed by atoms with Gasteiger partial charge < -0.3 is 5.11 Å². The van der Waals surface area contributed by atoms with E-state index in [1.807, 2.05) is 0 Å². The normalized spacial score (nSPS) is 10.4. The van der Waals surface area contributed by atoms with Gasteiger partial charge in [-0.2, -0.15) is 0 Å². The molecule has 6 nitrogen and oxygen atoms in total. The highest BCUT2D eigenvalue weighted by Gasteiger charge is 2.03. The maximum atomic E-state index is 10.8. The third kappa shape index (κ3) is 3.19. The van der Waals surface area contributed by atoms with Crippen LogP contribution in [0.15, 0.2) is 30.3 Å². The van der Waals surface area contributed by atoms with E-state index in [0.717, 1.165) is 6.08 Å². The summed E-state index contributed by atoms with van der Waals surface area (Å²) < 4.78 is 0. The van der Waals surface area contributed by atoms with Gasteiger partial charge in [0.1, 0.15) is 0 Å². The molecule has 0 unspecified atom stereocenters. The lowest BCUT2D eigenvalue weighted by atomic mass is 10.1. The lowest BCUT2D eigenvalue weighted by molar-refractivity contribution is -0.280. The predicted octanol–water partition coefficient (Wildman–Crippen LogP) is 1.01. The molecular formula is C10H9NO5. The Kier molecular flexibility index (Phi) is 3.76. The summed E-state index contributed by atoms with van der Waals surface area (Å²) in [6, 6.07) is 5.86. The number of carboxylic acids is 1. The van der Waals surface area contributed by atoms with E-state index in [-0.39, 0.29) is 5.56 Å². The van der Waals surface area contributed by atoms with Crippen LogP contribution in [0.1, 0.15) is 15.9 Å². The fourth-order valence-corrected chi connectivity index (χ4v) is 1.01. The van der Waals surface area contributed by atoms with E-state index in [1.165, 1.54) is 24.3 Å². The average Bonchev–Trinajstić information content (AvgIpc) is 2.26. The molecule has 3 N–H and O–H groups in total. The van der Waals surface area contributed by atoms with Gasteiger partial charge >= 0.3 is 5.97 Å². The summed E-state index contributed by atoms with van der Waals surface area (Å²) in [6.07, 6.45) is 2.18. The third-order valence-electron chi connectivity index (χ3n) is 1.75. The van der Waals surface area contributed by atoms with Crippen molar-refractivity contribution in [3.63, 3.8) is 0 Å². The van der Waals surface area contributed by atoms with Crippen molar-refractivity contribution in [1.82, 2.24) is 5.23 Å². The molecule has 84 valence electrons. The standard InChI is InChI=1S/C10H9NO5/c12-9(11(15)16)5-4-7-2-1-3-8(6-7)10(13)14/h1-6,15-16H,(H,13,14). The number of nitrogens with zero attached hydrogens (tertiary/aromatic N) is 1. The predicted molar refractivity (Wildman–Crippen MR) is 52.9 cm³/mol. The van der Waals surface area contributed by atoms with Crippen LogP contribution in [0.3, 0.4) is 0 Å². The molecule has 0 spiro atoms. The van der Waals surface area contributed by atoms with Gasteiger partial charge in [-0.15, -0.1) is 0 Å². The van der Waals surface area contributed by atoms with E-state index < -0.39 is 17.1 Å². The molecule has 1 aromatic carbocycles. The Balaban J connectivity index is 2.86. The number of hydroxylamine groups is 2. The highest BCUT2D eigenvalue weighted by molar-refractivity contribution is 5.91. The molecule has 0 aliphatic carbocycles. The summed E-state index contributed by atoms with van der Waals surface area (Å²) in [4.78, 5) is 21.4. The minimum atomic E-state index is -1.08. The van der Waals surface area contributed by atoms with Gasteiger partial charge in [-0.05, 0) is 23.8 Å². The van der Waals surface area contributed by atoms with Crippen molar-refractivity contribution in [1.29, 1.82) is 0 Å². The number of rotatable bonds is 3. The summed E-state index contributed by atoms with van der Waals surface area (Å²) in [5.74, 6) is -2.10. The first-order valence-electron chi connectivity index (χ1n) is 4.24. The minimum Gasteiger partial charge on any atom is -0.478 e. The molecule has 6 heteroatoms. The quantitative estimate of drug-likeness (QED) is 0.403. The zero-order valence-corrected chi connectivity index (χ0v) is 8.07. The number of carboxylic acid groups (broad SMARTS) is 1. The lowest BCUT2D eigenvalue weighted by Gasteiger charge is -2.00. The second-order valence-electron chi connectivity index (χ2n) is 2.89. The zero-order valence-electron chi connectivity index (χ0n) is 8.07. The van der Waals surface area contributed by atoms with Crippen LogP contribution in [0, 0.1) is 0 Å².